The Balaban J connectivity index is 2.42. The van der Waals surface area contributed by atoms with E-state index in [0.717, 1.165) is 6.42 Å². The molecule has 16 heavy (non-hydrogen) atoms. The Hall–Kier alpha value is -1.10. The van der Waals surface area contributed by atoms with E-state index in [1.165, 1.54) is 0 Å². The van der Waals surface area contributed by atoms with Crippen LogP contribution in [-0.2, 0) is 9.59 Å². The number of piperazine rings is 1. The van der Waals surface area contributed by atoms with Crippen molar-refractivity contribution in [2.75, 3.05) is 13.1 Å². The van der Waals surface area contributed by atoms with Gasteiger partial charge in [0.1, 0.15) is 6.04 Å². The van der Waals surface area contributed by atoms with E-state index >= 15 is 0 Å². The Kier molecular flexibility index (Phi) is 4.73. The van der Waals surface area contributed by atoms with Gasteiger partial charge in [-0.3, -0.25) is 14.9 Å². The summed E-state index contributed by atoms with van der Waals surface area (Å²) in [7, 11) is 0. The maximum Gasteiger partial charge on any atom is 0.239 e. The van der Waals surface area contributed by atoms with E-state index in [-0.39, 0.29) is 30.4 Å². The number of hydrogen-bond acceptors (Lipinski definition) is 3. The number of nitrogens with one attached hydrogen (secondary N) is 3. The lowest BCUT2D eigenvalue weighted by atomic mass is 10.0. The van der Waals surface area contributed by atoms with E-state index in [9.17, 15) is 9.59 Å². The van der Waals surface area contributed by atoms with Gasteiger partial charge in [0.25, 0.3) is 0 Å². The molecule has 0 saturated carbocycles. The van der Waals surface area contributed by atoms with Crippen LogP contribution in [0.1, 0.15) is 27.2 Å². The summed E-state index contributed by atoms with van der Waals surface area (Å²) < 4.78 is 0. The number of carbonyl (C=O) groups excluding carboxylic acids is 2. The Morgan fingerprint density at radius 3 is 2.69 bits per heavy atom. The van der Waals surface area contributed by atoms with Crippen molar-refractivity contribution in [1.29, 1.82) is 0 Å². The van der Waals surface area contributed by atoms with Crippen molar-refractivity contribution in [3.8, 4) is 0 Å². The minimum atomic E-state index is -0.300. The second-order valence-electron chi connectivity index (χ2n) is 4.50. The number of rotatable bonds is 4. The van der Waals surface area contributed by atoms with Crippen LogP contribution in [0.25, 0.3) is 0 Å². The molecule has 0 aromatic heterocycles. The summed E-state index contributed by atoms with van der Waals surface area (Å²) in [6, 6.07) is -0.0996. The van der Waals surface area contributed by atoms with E-state index in [1.807, 2.05) is 0 Å². The highest BCUT2D eigenvalue weighted by Crippen LogP contribution is 2.05. The number of amides is 2. The van der Waals surface area contributed by atoms with Crippen molar-refractivity contribution >= 4 is 11.8 Å². The van der Waals surface area contributed by atoms with E-state index in [2.05, 4.69) is 36.7 Å². The lowest BCUT2D eigenvalue weighted by Gasteiger charge is -2.27. The van der Waals surface area contributed by atoms with Crippen LogP contribution in [0.15, 0.2) is 0 Å². The third-order valence-corrected chi connectivity index (χ3v) is 2.90. The molecule has 1 rings (SSSR count). The van der Waals surface area contributed by atoms with Gasteiger partial charge in [0.15, 0.2) is 0 Å². The summed E-state index contributed by atoms with van der Waals surface area (Å²) in [5.74, 6) is 0.340. The van der Waals surface area contributed by atoms with Crippen LogP contribution in [0, 0.1) is 5.92 Å². The summed E-state index contributed by atoms with van der Waals surface area (Å²) in [6.07, 6.45) is 0.919. The molecule has 3 N–H and O–H groups in total. The van der Waals surface area contributed by atoms with Crippen LogP contribution in [0.2, 0.25) is 0 Å². The normalized spacial score (nSPS) is 22.8. The Labute approximate surface area is 96.4 Å². The van der Waals surface area contributed by atoms with Crippen molar-refractivity contribution in [3.63, 3.8) is 0 Å². The maximum atomic E-state index is 11.9. The molecule has 5 heteroatoms. The first kappa shape index (κ1) is 13.0. The molecule has 0 spiro atoms. The molecule has 2 atom stereocenters. The van der Waals surface area contributed by atoms with Crippen LogP contribution < -0.4 is 16.0 Å². The predicted octanol–water partition coefficient (Wildman–Crippen LogP) is -0.375. The molecule has 5 nitrogen and oxygen atoms in total. The predicted molar refractivity (Wildman–Crippen MR) is 61.9 cm³/mol. The van der Waals surface area contributed by atoms with Crippen LogP contribution in [0.4, 0.5) is 0 Å². The minimum Gasteiger partial charge on any atom is -0.353 e. The lowest BCUT2D eigenvalue weighted by molar-refractivity contribution is -0.127. The van der Waals surface area contributed by atoms with Crippen molar-refractivity contribution in [1.82, 2.24) is 16.0 Å². The van der Waals surface area contributed by atoms with Crippen molar-refractivity contribution in [3.05, 3.63) is 0 Å². The topological polar surface area (TPSA) is 70.2 Å². The molecule has 0 aromatic carbocycles. The summed E-state index contributed by atoms with van der Waals surface area (Å²) in [4.78, 5) is 22.8. The molecule has 1 aliphatic heterocycles. The fourth-order valence-corrected chi connectivity index (χ4v) is 1.78. The van der Waals surface area contributed by atoms with Crippen LogP contribution in [0.3, 0.4) is 0 Å². The van der Waals surface area contributed by atoms with Gasteiger partial charge in [-0.2, -0.15) is 0 Å². The van der Waals surface area contributed by atoms with Gasteiger partial charge >= 0.3 is 0 Å². The minimum absolute atomic E-state index is 0.0273. The highest BCUT2D eigenvalue weighted by Gasteiger charge is 2.25. The standard InChI is InChI=1S/C11H21N3O2/c1-4-8(7(2)3)14-11(16)9-5-13-10(15)6-12-9/h7-9,12H,4-6H2,1-3H3,(H,13,15)(H,14,16). The zero-order valence-corrected chi connectivity index (χ0v) is 10.2. The molecule has 1 fully saturated rings. The molecule has 0 aromatic rings. The van der Waals surface area contributed by atoms with Crippen molar-refractivity contribution in [2.24, 2.45) is 5.92 Å². The number of carbonyl (C=O) groups is 2. The van der Waals surface area contributed by atoms with Crippen LogP contribution in [0.5, 0.6) is 0 Å². The quantitative estimate of drug-likeness (QED) is 0.613. The summed E-state index contributed by atoms with van der Waals surface area (Å²) >= 11 is 0. The first-order valence-electron chi connectivity index (χ1n) is 5.85. The van der Waals surface area contributed by atoms with E-state index in [1.54, 1.807) is 0 Å². The summed E-state index contributed by atoms with van der Waals surface area (Å²) in [6.45, 7) is 6.83. The van der Waals surface area contributed by atoms with Gasteiger partial charge in [0, 0.05) is 12.6 Å². The molecule has 0 radical (unpaired) electrons. The molecule has 2 amide bonds. The Bertz CT molecular complexity index is 256. The van der Waals surface area contributed by atoms with Crippen molar-refractivity contribution < 1.29 is 9.59 Å². The first-order chi connectivity index (χ1) is 7.54. The first-order valence-corrected chi connectivity index (χ1v) is 5.85. The Morgan fingerprint density at radius 1 is 1.56 bits per heavy atom. The van der Waals surface area contributed by atoms with Crippen LogP contribution >= 0.6 is 0 Å². The monoisotopic (exact) mass is 227 g/mol. The van der Waals surface area contributed by atoms with E-state index in [0.29, 0.717) is 12.5 Å². The highest BCUT2D eigenvalue weighted by molar-refractivity contribution is 5.86. The van der Waals surface area contributed by atoms with Gasteiger partial charge in [-0.05, 0) is 12.3 Å². The SMILES string of the molecule is CCC(NC(=O)C1CNC(=O)CN1)C(C)C. The molecular weight excluding hydrogens is 206 g/mol. The van der Waals surface area contributed by atoms with Gasteiger partial charge in [0.2, 0.25) is 11.8 Å². The number of hydrogen-bond donors (Lipinski definition) is 3. The second kappa shape index (κ2) is 5.84. The summed E-state index contributed by atoms with van der Waals surface area (Å²) in [5, 5.41) is 8.58. The van der Waals surface area contributed by atoms with Crippen molar-refractivity contribution in [2.45, 2.75) is 39.3 Å². The smallest absolute Gasteiger partial charge is 0.239 e. The maximum absolute atomic E-state index is 11.9. The van der Waals surface area contributed by atoms with Gasteiger partial charge in [-0.15, -0.1) is 0 Å². The molecule has 1 saturated heterocycles. The largest absolute Gasteiger partial charge is 0.353 e. The van der Waals surface area contributed by atoms with Gasteiger partial charge in [-0.25, -0.2) is 0 Å². The second-order valence-corrected chi connectivity index (χ2v) is 4.50. The third kappa shape index (κ3) is 3.48. The summed E-state index contributed by atoms with van der Waals surface area (Å²) in [5.41, 5.74) is 0. The molecule has 2 unspecified atom stereocenters. The highest BCUT2D eigenvalue weighted by atomic mass is 16.2. The third-order valence-electron chi connectivity index (χ3n) is 2.90. The molecule has 1 heterocycles. The lowest BCUT2D eigenvalue weighted by Crippen LogP contribution is -2.59. The molecular formula is C11H21N3O2. The zero-order chi connectivity index (χ0) is 12.1. The fourth-order valence-electron chi connectivity index (χ4n) is 1.78. The zero-order valence-electron chi connectivity index (χ0n) is 10.2. The molecule has 92 valence electrons. The fraction of sp³-hybridized carbons (Fsp3) is 0.818. The van der Waals surface area contributed by atoms with Gasteiger partial charge in [0.05, 0.1) is 6.54 Å². The molecule has 1 aliphatic rings. The van der Waals surface area contributed by atoms with Crippen LogP contribution in [-0.4, -0.2) is 37.0 Å². The Morgan fingerprint density at radius 2 is 2.25 bits per heavy atom. The molecule has 0 bridgehead atoms. The van der Waals surface area contributed by atoms with E-state index in [4.69, 9.17) is 0 Å². The average molecular weight is 227 g/mol. The average Bonchev–Trinajstić information content (AvgIpc) is 2.26. The van der Waals surface area contributed by atoms with Gasteiger partial charge < -0.3 is 10.6 Å². The molecule has 0 aliphatic carbocycles. The van der Waals surface area contributed by atoms with E-state index < -0.39 is 0 Å². The van der Waals surface area contributed by atoms with Gasteiger partial charge in [-0.1, -0.05) is 20.8 Å².